The average Bonchev–Trinajstić information content (AvgIpc) is 3.65. The molecule has 0 bridgehead atoms. The highest BCUT2D eigenvalue weighted by molar-refractivity contribution is 7.90. The van der Waals surface area contributed by atoms with Crippen LogP contribution in [0.15, 0.2) is 59.5 Å². The van der Waals surface area contributed by atoms with E-state index in [-0.39, 0.29) is 38.7 Å². The van der Waals surface area contributed by atoms with Gasteiger partial charge in [0.15, 0.2) is 21.4 Å². The lowest BCUT2D eigenvalue weighted by Gasteiger charge is -2.11. The van der Waals surface area contributed by atoms with E-state index in [0.29, 0.717) is 27.6 Å². The number of aromatic amines is 1. The highest BCUT2D eigenvalue weighted by Gasteiger charge is 2.36. The van der Waals surface area contributed by atoms with Gasteiger partial charge in [-0.25, -0.2) is 13.1 Å². The van der Waals surface area contributed by atoms with Crippen LogP contribution in [0.3, 0.4) is 0 Å². The number of H-pyrrole nitrogens is 1. The molecular formula is C24H17Cl2F3N6O3S2. The molecule has 0 aliphatic heterocycles. The van der Waals surface area contributed by atoms with E-state index in [1.165, 1.54) is 30.3 Å². The van der Waals surface area contributed by atoms with Crippen molar-refractivity contribution in [3.05, 3.63) is 76.2 Å². The molecule has 0 fully saturated rings. The maximum atomic E-state index is 13.6. The molecule has 0 saturated heterocycles. The Hall–Kier alpha value is -3.46. The molecule has 0 amide bonds. The van der Waals surface area contributed by atoms with Crippen molar-refractivity contribution >= 4 is 44.4 Å². The van der Waals surface area contributed by atoms with Gasteiger partial charge in [0.1, 0.15) is 10.6 Å². The lowest BCUT2D eigenvalue weighted by molar-refractivity contribution is -0.141. The zero-order valence-electron chi connectivity index (χ0n) is 20.3. The molecule has 0 aliphatic rings. The van der Waals surface area contributed by atoms with Gasteiger partial charge in [-0.1, -0.05) is 28.4 Å². The summed E-state index contributed by atoms with van der Waals surface area (Å²) in [7, 11) is -3.69. The topological polar surface area (TPSA) is 116 Å². The molecule has 208 valence electrons. The third kappa shape index (κ3) is 5.99. The largest absolute Gasteiger partial charge is 0.492 e. The van der Waals surface area contributed by atoms with Gasteiger partial charge in [0.25, 0.3) is 0 Å². The van der Waals surface area contributed by atoms with Crippen molar-refractivity contribution in [3.8, 4) is 32.4 Å². The van der Waals surface area contributed by atoms with Gasteiger partial charge in [-0.2, -0.15) is 23.5 Å². The van der Waals surface area contributed by atoms with Gasteiger partial charge in [-0.15, -0.1) is 21.5 Å². The Balaban J connectivity index is 1.51. The van der Waals surface area contributed by atoms with E-state index in [1.54, 1.807) is 18.2 Å². The second kappa shape index (κ2) is 10.8. The Kier molecular flexibility index (Phi) is 7.61. The van der Waals surface area contributed by atoms with E-state index in [0.717, 1.165) is 28.3 Å². The Labute approximate surface area is 239 Å². The van der Waals surface area contributed by atoms with Crippen molar-refractivity contribution in [3.63, 3.8) is 0 Å². The second-order valence-electron chi connectivity index (χ2n) is 8.44. The minimum absolute atomic E-state index is 0.0387. The van der Waals surface area contributed by atoms with Gasteiger partial charge in [-0.05, 0) is 60.2 Å². The summed E-state index contributed by atoms with van der Waals surface area (Å²) >= 11 is 13.5. The van der Waals surface area contributed by atoms with Crippen molar-refractivity contribution < 1.29 is 26.3 Å². The third-order valence-corrected chi connectivity index (χ3v) is 8.42. The standard InChI is InChI=1S/C24H17Cl2F3N6O3S2/c1-40(36,37)21-10-13(2-5-18(21)38-9-8-23-30-33-34-31-23)19-6-7-20(39-19)17-12-22(24(27,28)29)32-35(17)16-11-14(25)3-4-15(16)26/h2-7,10-12H,8-9H2,1H3,(H,30,31,33,34). The summed E-state index contributed by atoms with van der Waals surface area (Å²) in [5.41, 5.74) is -0.255. The lowest BCUT2D eigenvalue weighted by Crippen LogP contribution is -2.07. The second-order valence-corrected chi connectivity index (χ2v) is 12.4. The molecule has 0 atom stereocenters. The maximum absolute atomic E-state index is 13.6. The number of tetrazole rings is 1. The predicted octanol–water partition coefficient (Wildman–Crippen LogP) is 6.13. The summed E-state index contributed by atoms with van der Waals surface area (Å²) in [4.78, 5) is 1.01. The number of benzene rings is 2. The van der Waals surface area contributed by atoms with Crippen LogP contribution in [0.25, 0.3) is 26.7 Å². The van der Waals surface area contributed by atoms with E-state index < -0.39 is 21.7 Å². The number of hydrogen-bond donors (Lipinski definition) is 1. The number of thiophene rings is 1. The van der Waals surface area contributed by atoms with Crippen molar-refractivity contribution in [1.82, 2.24) is 30.4 Å². The third-order valence-electron chi connectivity index (χ3n) is 5.59. The maximum Gasteiger partial charge on any atom is 0.435 e. The molecule has 3 aromatic heterocycles. The number of ether oxygens (including phenoxy) is 1. The number of rotatable bonds is 8. The molecule has 0 unspecified atom stereocenters. The minimum atomic E-state index is -4.70. The van der Waals surface area contributed by atoms with Gasteiger partial charge < -0.3 is 4.74 Å². The van der Waals surface area contributed by atoms with Crippen LogP contribution >= 0.6 is 34.5 Å². The zero-order chi connectivity index (χ0) is 28.7. The van der Waals surface area contributed by atoms with Crippen molar-refractivity contribution in [2.24, 2.45) is 0 Å². The van der Waals surface area contributed by atoms with Crippen LogP contribution in [0.5, 0.6) is 5.75 Å². The Bertz CT molecular complexity index is 1790. The summed E-state index contributed by atoms with van der Waals surface area (Å²) in [5.74, 6) is 0.561. The van der Waals surface area contributed by atoms with Crippen LogP contribution in [-0.4, -0.2) is 51.7 Å². The molecule has 5 aromatic rings. The minimum Gasteiger partial charge on any atom is -0.492 e. The Morgan fingerprint density at radius 2 is 1.82 bits per heavy atom. The number of nitrogens with zero attached hydrogens (tertiary/aromatic N) is 5. The average molecular weight is 629 g/mol. The van der Waals surface area contributed by atoms with Crippen LogP contribution in [0, 0.1) is 0 Å². The molecular weight excluding hydrogens is 612 g/mol. The molecule has 0 saturated carbocycles. The summed E-state index contributed by atoms with van der Waals surface area (Å²) < 4.78 is 72.7. The molecule has 0 aliphatic carbocycles. The SMILES string of the molecule is CS(=O)(=O)c1cc(-c2ccc(-c3cc(C(F)(F)F)nn3-c3cc(Cl)ccc3Cl)s2)ccc1OCCc1nn[nH]n1. The fourth-order valence-electron chi connectivity index (χ4n) is 3.77. The number of hydrogen-bond acceptors (Lipinski definition) is 8. The normalized spacial score (nSPS) is 12.2. The summed E-state index contributed by atoms with van der Waals surface area (Å²) in [5, 5.41) is 17.6. The van der Waals surface area contributed by atoms with E-state index in [9.17, 15) is 21.6 Å². The summed E-state index contributed by atoms with van der Waals surface area (Å²) in [6.45, 7) is 0.113. The highest BCUT2D eigenvalue weighted by Crippen LogP contribution is 2.41. The number of aromatic nitrogens is 6. The number of nitrogens with one attached hydrogen (secondary N) is 1. The summed E-state index contributed by atoms with van der Waals surface area (Å²) in [6.07, 6.45) is -3.33. The fraction of sp³-hybridized carbons (Fsp3) is 0.167. The van der Waals surface area contributed by atoms with Gasteiger partial charge in [0.05, 0.1) is 27.9 Å². The fourth-order valence-corrected chi connectivity index (χ4v) is 5.97. The lowest BCUT2D eigenvalue weighted by atomic mass is 10.2. The Morgan fingerprint density at radius 3 is 2.52 bits per heavy atom. The van der Waals surface area contributed by atoms with Gasteiger partial charge in [0, 0.05) is 22.6 Å². The molecule has 2 aromatic carbocycles. The van der Waals surface area contributed by atoms with Crippen molar-refractivity contribution in [2.45, 2.75) is 17.5 Å². The molecule has 0 spiro atoms. The van der Waals surface area contributed by atoms with Gasteiger partial charge in [-0.3, -0.25) is 0 Å². The summed E-state index contributed by atoms with van der Waals surface area (Å²) in [6, 6.07) is 13.3. The molecule has 1 N–H and O–H groups in total. The Morgan fingerprint density at radius 1 is 1.05 bits per heavy atom. The van der Waals surface area contributed by atoms with Crippen LogP contribution in [0.1, 0.15) is 11.5 Å². The van der Waals surface area contributed by atoms with Crippen molar-refractivity contribution in [2.75, 3.05) is 12.9 Å². The first-order valence-electron chi connectivity index (χ1n) is 11.3. The van der Waals surface area contributed by atoms with Crippen LogP contribution in [0.2, 0.25) is 10.0 Å². The van der Waals surface area contributed by atoms with Crippen molar-refractivity contribution in [1.29, 1.82) is 0 Å². The van der Waals surface area contributed by atoms with Crippen LogP contribution < -0.4 is 4.74 Å². The first kappa shape index (κ1) is 28.1. The first-order chi connectivity index (χ1) is 18.9. The number of alkyl halides is 3. The zero-order valence-corrected chi connectivity index (χ0v) is 23.4. The van der Waals surface area contributed by atoms with E-state index >= 15 is 0 Å². The smallest absolute Gasteiger partial charge is 0.435 e. The van der Waals surface area contributed by atoms with Crippen LogP contribution in [0.4, 0.5) is 13.2 Å². The molecule has 5 rings (SSSR count). The van der Waals surface area contributed by atoms with E-state index in [2.05, 4.69) is 25.7 Å². The van der Waals surface area contributed by atoms with E-state index in [1.807, 2.05) is 0 Å². The predicted molar refractivity (Wildman–Crippen MR) is 144 cm³/mol. The van der Waals surface area contributed by atoms with Gasteiger partial charge in [0.2, 0.25) is 0 Å². The van der Waals surface area contributed by atoms with E-state index in [4.69, 9.17) is 27.9 Å². The van der Waals surface area contributed by atoms with Gasteiger partial charge >= 0.3 is 6.18 Å². The molecule has 3 heterocycles. The van der Waals surface area contributed by atoms with Crippen LogP contribution in [-0.2, 0) is 22.4 Å². The number of sulfone groups is 1. The molecule has 0 radical (unpaired) electrons. The number of halogens is 5. The molecule has 16 heteroatoms. The molecule has 9 nitrogen and oxygen atoms in total. The quantitative estimate of drug-likeness (QED) is 0.220. The highest BCUT2D eigenvalue weighted by atomic mass is 35.5. The molecule has 40 heavy (non-hydrogen) atoms. The first-order valence-corrected chi connectivity index (χ1v) is 14.8. The monoisotopic (exact) mass is 628 g/mol.